The smallest absolute Gasteiger partial charge is 0.331 e. The SMILES string of the molecule is C=CCOC(=O)C=CC1C=CS[N+]1=O. The fraction of sp³-hybridized carbons (Fsp3) is 0.222. The topological polar surface area (TPSA) is 46.4 Å². The van der Waals surface area contributed by atoms with E-state index in [4.69, 9.17) is 4.74 Å². The van der Waals surface area contributed by atoms with E-state index >= 15 is 0 Å². The molecule has 74 valence electrons. The summed E-state index contributed by atoms with van der Waals surface area (Å²) in [7, 11) is 0. The molecule has 1 unspecified atom stereocenters. The molecule has 0 aliphatic carbocycles. The van der Waals surface area contributed by atoms with Crippen molar-refractivity contribution < 1.29 is 13.7 Å². The maximum Gasteiger partial charge on any atom is 0.331 e. The maximum absolute atomic E-state index is 11.0. The van der Waals surface area contributed by atoms with Crippen LogP contribution >= 0.6 is 11.9 Å². The second-order valence-corrected chi connectivity index (χ2v) is 3.33. The van der Waals surface area contributed by atoms with Crippen molar-refractivity contribution in [1.29, 1.82) is 0 Å². The van der Waals surface area contributed by atoms with Gasteiger partial charge in [-0.25, -0.2) is 4.79 Å². The Balaban J connectivity index is 2.38. The number of carbonyl (C=O) groups is 1. The molecule has 0 saturated heterocycles. The molecular formula is C9H10NO3S+. The number of ether oxygens (including phenoxy) is 1. The van der Waals surface area contributed by atoms with E-state index in [1.54, 1.807) is 11.5 Å². The number of esters is 1. The molecule has 1 atom stereocenters. The van der Waals surface area contributed by atoms with Crippen LogP contribution in [0.25, 0.3) is 0 Å². The summed E-state index contributed by atoms with van der Waals surface area (Å²) in [4.78, 5) is 22.0. The minimum Gasteiger partial charge on any atom is -0.458 e. The van der Waals surface area contributed by atoms with Crippen molar-refractivity contribution in [2.75, 3.05) is 6.61 Å². The zero-order chi connectivity index (χ0) is 10.4. The predicted molar refractivity (Wildman–Crippen MR) is 54.4 cm³/mol. The molecule has 14 heavy (non-hydrogen) atoms. The second-order valence-electron chi connectivity index (χ2n) is 2.49. The van der Waals surface area contributed by atoms with Crippen LogP contribution in [0, 0.1) is 4.91 Å². The van der Waals surface area contributed by atoms with Crippen LogP contribution in [-0.2, 0) is 9.53 Å². The van der Waals surface area contributed by atoms with Gasteiger partial charge in [0.15, 0.2) is 0 Å². The van der Waals surface area contributed by atoms with Gasteiger partial charge in [0, 0.05) is 28.5 Å². The number of rotatable bonds is 4. The minimum absolute atomic E-state index is 0.180. The molecule has 0 aromatic heterocycles. The van der Waals surface area contributed by atoms with Crippen molar-refractivity contribution >= 4 is 17.9 Å². The van der Waals surface area contributed by atoms with Crippen molar-refractivity contribution in [3.63, 3.8) is 0 Å². The molecule has 0 bridgehead atoms. The number of carbonyl (C=O) groups excluding carboxylic acids is 1. The van der Waals surface area contributed by atoms with Crippen LogP contribution in [0.15, 0.2) is 36.3 Å². The first kappa shape index (κ1) is 10.7. The molecule has 0 spiro atoms. The quantitative estimate of drug-likeness (QED) is 0.233. The highest BCUT2D eigenvalue weighted by Crippen LogP contribution is 2.18. The molecule has 1 aliphatic rings. The summed E-state index contributed by atoms with van der Waals surface area (Å²) < 4.78 is 5.48. The number of hydrogen-bond acceptors (Lipinski definition) is 4. The molecule has 1 aliphatic heterocycles. The van der Waals surface area contributed by atoms with Crippen LogP contribution in [-0.4, -0.2) is 22.8 Å². The summed E-state index contributed by atoms with van der Waals surface area (Å²) in [6, 6.07) is -0.378. The zero-order valence-electron chi connectivity index (χ0n) is 7.46. The van der Waals surface area contributed by atoms with Gasteiger partial charge in [0.2, 0.25) is 11.9 Å². The zero-order valence-corrected chi connectivity index (χ0v) is 8.28. The van der Waals surface area contributed by atoms with Crippen LogP contribution in [0.1, 0.15) is 0 Å². The molecule has 0 aromatic rings. The van der Waals surface area contributed by atoms with Gasteiger partial charge in [-0.15, -0.1) is 0 Å². The molecule has 0 fully saturated rings. The fourth-order valence-corrected chi connectivity index (χ4v) is 1.45. The first-order valence-corrected chi connectivity index (χ1v) is 4.83. The molecular weight excluding hydrogens is 202 g/mol. The Morgan fingerprint density at radius 1 is 1.71 bits per heavy atom. The lowest BCUT2D eigenvalue weighted by Crippen LogP contribution is -2.09. The molecule has 1 rings (SSSR count). The second kappa shape index (κ2) is 5.39. The summed E-state index contributed by atoms with van der Waals surface area (Å²) in [5, 5.41) is 1.68. The largest absolute Gasteiger partial charge is 0.458 e. The van der Waals surface area contributed by atoms with Gasteiger partial charge in [-0.1, -0.05) is 12.7 Å². The monoisotopic (exact) mass is 212 g/mol. The van der Waals surface area contributed by atoms with Crippen molar-refractivity contribution in [2.24, 2.45) is 0 Å². The predicted octanol–water partition coefficient (Wildman–Crippen LogP) is 1.59. The van der Waals surface area contributed by atoms with Gasteiger partial charge >= 0.3 is 5.97 Å². The number of hydrogen-bond donors (Lipinski definition) is 0. The van der Waals surface area contributed by atoms with Crippen molar-refractivity contribution in [2.45, 2.75) is 6.04 Å². The van der Waals surface area contributed by atoms with Crippen molar-refractivity contribution in [1.82, 2.24) is 0 Å². The average Bonchev–Trinajstić information content (AvgIpc) is 2.58. The summed E-state index contributed by atoms with van der Waals surface area (Å²) in [5.41, 5.74) is 0. The van der Waals surface area contributed by atoms with Gasteiger partial charge in [0.05, 0.1) is 4.17 Å². The van der Waals surface area contributed by atoms with Gasteiger partial charge in [-0.3, -0.25) is 0 Å². The number of nitroso groups, excluding NO2 is 1. The molecule has 0 aromatic carbocycles. The summed E-state index contributed by atoms with van der Waals surface area (Å²) in [6.45, 7) is 3.59. The van der Waals surface area contributed by atoms with Crippen LogP contribution in [0.2, 0.25) is 0 Å². The lowest BCUT2D eigenvalue weighted by Gasteiger charge is -1.94. The van der Waals surface area contributed by atoms with Gasteiger partial charge in [-0.2, -0.15) is 0 Å². The van der Waals surface area contributed by atoms with E-state index in [0.717, 1.165) is 16.1 Å². The van der Waals surface area contributed by atoms with E-state index in [9.17, 15) is 9.70 Å². The Kier molecular flexibility index (Phi) is 4.12. The third kappa shape index (κ3) is 3.18. The molecule has 0 amide bonds. The molecule has 0 saturated carbocycles. The third-order valence-electron chi connectivity index (χ3n) is 1.46. The van der Waals surface area contributed by atoms with Gasteiger partial charge in [0.25, 0.3) is 6.04 Å². The number of nitrogens with zero attached hydrogens (tertiary/aromatic N) is 1. The standard InChI is InChI=1S/C9H10NO3S/c1-2-6-13-9(11)4-3-8-5-7-14-10(8)12/h2-5,7-8H,1,6H2/q+1. The van der Waals surface area contributed by atoms with E-state index in [1.807, 2.05) is 0 Å². The van der Waals surface area contributed by atoms with E-state index in [2.05, 4.69) is 6.58 Å². The van der Waals surface area contributed by atoms with E-state index in [-0.39, 0.29) is 12.6 Å². The maximum atomic E-state index is 11.0. The van der Waals surface area contributed by atoms with Gasteiger partial charge in [-0.05, 0) is 0 Å². The summed E-state index contributed by atoms with van der Waals surface area (Å²) in [5.74, 6) is -0.469. The summed E-state index contributed by atoms with van der Waals surface area (Å²) >= 11 is 1.05. The Morgan fingerprint density at radius 2 is 2.50 bits per heavy atom. The fourth-order valence-electron chi connectivity index (χ4n) is 0.817. The summed E-state index contributed by atoms with van der Waals surface area (Å²) in [6.07, 6.45) is 5.93. The van der Waals surface area contributed by atoms with Gasteiger partial charge in [0.1, 0.15) is 6.61 Å². The highest BCUT2D eigenvalue weighted by atomic mass is 32.2. The molecule has 0 N–H and O–H groups in total. The van der Waals surface area contributed by atoms with Crippen LogP contribution in [0.3, 0.4) is 0 Å². The lowest BCUT2D eigenvalue weighted by molar-refractivity contribution is -0.384. The van der Waals surface area contributed by atoms with Crippen molar-refractivity contribution in [3.8, 4) is 0 Å². The first-order valence-electron chi connectivity index (χ1n) is 3.99. The van der Waals surface area contributed by atoms with Gasteiger partial charge < -0.3 is 4.74 Å². The van der Waals surface area contributed by atoms with E-state index in [1.165, 1.54) is 18.2 Å². The Hall–Kier alpha value is -1.36. The van der Waals surface area contributed by atoms with Crippen LogP contribution < -0.4 is 0 Å². The van der Waals surface area contributed by atoms with Crippen molar-refractivity contribution in [3.05, 3.63) is 41.2 Å². The van der Waals surface area contributed by atoms with E-state index in [0.29, 0.717) is 0 Å². The highest BCUT2D eigenvalue weighted by Gasteiger charge is 2.26. The Labute approximate surface area is 86.0 Å². The Morgan fingerprint density at radius 3 is 3.07 bits per heavy atom. The normalized spacial score (nSPS) is 20.3. The third-order valence-corrected chi connectivity index (χ3v) is 2.19. The molecule has 1 heterocycles. The average molecular weight is 212 g/mol. The van der Waals surface area contributed by atoms with Crippen LogP contribution in [0.4, 0.5) is 0 Å². The molecule has 0 radical (unpaired) electrons. The Bertz CT molecular complexity index is 309. The van der Waals surface area contributed by atoms with E-state index < -0.39 is 5.97 Å². The minimum atomic E-state index is -0.469. The van der Waals surface area contributed by atoms with Crippen LogP contribution in [0.5, 0.6) is 0 Å². The highest BCUT2D eigenvalue weighted by molar-refractivity contribution is 7.96. The molecule has 4 nitrogen and oxygen atoms in total. The first-order chi connectivity index (χ1) is 6.74. The molecule has 5 heteroatoms. The lowest BCUT2D eigenvalue weighted by atomic mass is 10.3.